The highest BCUT2D eigenvalue weighted by atomic mass is 35.5. The van der Waals surface area contributed by atoms with Gasteiger partial charge in [0, 0.05) is 46.9 Å². The zero-order valence-electron chi connectivity index (χ0n) is 19.4. The highest BCUT2D eigenvalue weighted by Gasteiger charge is 2.11. The van der Waals surface area contributed by atoms with Crippen LogP contribution in [0.25, 0.3) is 22.3 Å². The number of rotatable bonds is 10. The first-order valence-electron chi connectivity index (χ1n) is 11.5. The molecule has 0 atom stereocenters. The number of anilines is 1. The molecule has 0 spiro atoms. The molecule has 0 radical (unpaired) electrons. The van der Waals surface area contributed by atoms with E-state index in [2.05, 4.69) is 10.3 Å². The third-order valence-electron chi connectivity index (χ3n) is 5.75. The maximum absolute atomic E-state index is 12.3. The van der Waals surface area contributed by atoms with E-state index in [0.29, 0.717) is 28.7 Å². The van der Waals surface area contributed by atoms with Crippen molar-refractivity contribution in [3.8, 4) is 22.3 Å². The normalized spacial score (nSPS) is 10.7. The number of hydrogen-bond acceptors (Lipinski definition) is 4. The van der Waals surface area contributed by atoms with Crippen LogP contribution in [0.15, 0.2) is 85.1 Å². The lowest BCUT2D eigenvalue weighted by Crippen LogP contribution is -2.04. The number of Topliss-reactive ketones (excluding diaryl/α,β-unsaturated/α-hetero) is 1. The Morgan fingerprint density at radius 1 is 0.806 bits per heavy atom. The summed E-state index contributed by atoms with van der Waals surface area (Å²) in [5, 5.41) is 13.5. The number of aliphatic carboxylic acids is 1. The molecule has 7 heteroatoms. The summed E-state index contributed by atoms with van der Waals surface area (Å²) in [4.78, 5) is 27.3. The summed E-state index contributed by atoms with van der Waals surface area (Å²) < 4.78 is 0. The van der Waals surface area contributed by atoms with Gasteiger partial charge in [-0.05, 0) is 71.1 Å². The Bertz CT molecular complexity index is 1370. The number of carboxylic acids is 1. The third kappa shape index (κ3) is 6.72. The van der Waals surface area contributed by atoms with Gasteiger partial charge in [-0.3, -0.25) is 14.6 Å². The zero-order valence-corrected chi connectivity index (χ0v) is 20.9. The highest BCUT2D eigenvalue weighted by Crippen LogP contribution is 2.29. The number of aromatic nitrogens is 1. The van der Waals surface area contributed by atoms with E-state index < -0.39 is 5.97 Å². The Morgan fingerprint density at radius 2 is 1.56 bits per heavy atom. The molecule has 1 aromatic heterocycles. The molecule has 36 heavy (non-hydrogen) atoms. The number of carbonyl (C=O) groups excluding carboxylic acids is 1. The van der Waals surface area contributed by atoms with E-state index in [9.17, 15) is 9.59 Å². The fourth-order valence-electron chi connectivity index (χ4n) is 3.86. The molecule has 0 saturated heterocycles. The van der Waals surface area contributed by atoms with Crippen molar-refractivity contribution in [3.63, 3.8) is 0 Å². The molecule has 0 saturated carbocycles. The van der Waals surface area contributed by atoms with Crippen LogP contribution in [0.2, 0.25) is 10.0 Å². The molecule has 182 valence electrons. The van der Waals surface area contributed by atoms with Gasteiger partial charge >= 0.3 is 5.97 Å². The minimum Gasteiger partial charge on any atom is -0.481 e. The van der Waals surface area contributed by atoms with Crippen molar-refractivity contribution >= 4 is 40.6 Å². The molecule has 0 aliphatic rings. The molecule has 0 aliphatic carbocycles. The second-order valence-corrected chi connectivity index (χ2v) is 9.22. The first-order chi connectivity index (χ1) is 17.4. The number of nitrogens with zero attached hydrogens (tertiary/aromatic N) is 1. The van der Waals surface area contributed by atoms with Crippen LogP contribution >= 0.6 is 23.2 Å². The monoisotopic (exact) mass is 518 g/mol. The van der Waals surface area contributed by atoms with Gasteiger partial charge in [0.05, 0.1) is 0 Å². The van der Waals surface area contributed by atoms with Crippen LogP contribution in [0.1, 0.15) is 35.3 Å². The van der Waals surface area contributed by atoms with Crippen LogP contribution in [0, 0.1) is 0 Å². The average Bonchev–Trinajstić information content (AvgIpc) is 2.88. The summed E-state index contributed by atoms with van der Waals surface area (Å²) in [5.41, 5.74) is 6.23. The summed E-state index contributed by atoms with van der Waals surface area (Å²) >= 11 is 12.4. The smallest absolute Gasteiger partial charge is 0.303 e. The van der Waals surface area contributed by atoms with Crippen LogP contribution in [-0.4, -0.2) is 21.8 Å². The molecular weight excluding hydrogens is 495 g/mol. The van der Waals surface area contributed by atoms with E-state index in [1.54, 1.807) is 12.3 Å². The maximum Gasteiger partial charge on any atom is 0.303 e. The van der Waals surface area contributed by atoms with Gasteiger partial charge in [-0.1, -0.05) is 59.6 Å². The average molecular weight is 519 g/mol. The fraction of sp³-hybridized carbons (Fsp3) is 0.138. The number of ketones is 1. The molecule has 0 fully saturated rings. The van der Waals surface area contributed by atoms with Gasteiger partial charge in [0.2, 0.25) is 0 Å². The van der Waals surface area contributed by atoms with Crippen molar-refractivity contribution in [2.75, 3.05) is 5.32 Å². The highest BCUT2D eigenvalue weighted by molar-refractivity contribution is 6.31. The van der Waals surface area contributed by atoms with E-state index >= 15 is 0 Å². The Kier molecular flexibility index (Phi) is 8.36. The fourth-order valence-corrected chi connectivity index (χ4v) is 4.23. The second-order valence-electron chi connectivity index (χ2n) is 8.35. The Morgan fingerprint density at radius 3 is 2.25 bits per heavy atom. The summed E-state index contributed by atoms with van der Waals surface area (Å²) in [6.45, 7) is 0.568. The number of carbonyl (C=O) groups is 2. The summed E-state index contributed by atoms with van der Waals surface area (Å²) in [7, 11) is 0. The first kappa shape index (κ1) is 25.4. The second kappa shape index (κ2) is 11.8. The number of benzene rings is 3. The van der Waals surface area contributed by atoms with Crippen molar-refractivity contribution in [2.24, 2.45) is 0 Å². The summed E-state index contributed by atoms with van der Waals surface area (Å²) in [6, 6.07) is 25.1. The molecule has 5 nitrogen and oxygen atoms in total. The quantitative estimate of drug-likeness (QED) is 0.209. The van der Waals surface area contributed by atoms with E-state index in [-0.39, 0.29) is 18.6 Å². The molecule has 4 aromatic rings. The van der Waals surface area contributed by atoms with Gasteiger partial charge in [-0.15, -0.1) is 0 Å². The largest absolute Gasteiger partial charge is 0.481 e. The standard InChI is InChI=1S/C29H24Cl2N2O3/c30-23-4-1-3-20(15-23)19-8-12-25(13-9-19)32-17-21-7-11-24(31)16-26(21)22-10-14-27(33-18-22)28(34)5-2-6-29(35)36/h1,3-4,7-16,18,32H,2,5-6,17H2,(H,35,36). The lowest BCUT2D eigenvalue weighted by atomic mass is 10.00. The maximum atomic E-state index is 12.3. The molecule has 1 heterocycles. The number of carboxylic acid groups (broad SMARTS) is 1. The number of hydrogen-bond donors (Lipinski definition) is 2. The van der Waals surface area contributed by atoms with Gasteiger partial charge < -0.3 is 10.4 Å². The lowest BCUT2D eigenvalue weighted by molar-refractivity contribution is -0.137. The topological polar surface area (TPSA) is 79.3 Å². The number of pyridine rings is 1. The van der Waals surface area contributed by atoms with Crippen LogP contribution in [-0.2, 0) is 11.3 Å². The van der Waals surface area contributed by atoms with Gasteiger partial charge in [-0.2, -0.15) is 0 Å². The number of halogens is 2. The van der Waals surface area contributed by atoms with Crippen molar-refractivity contribution < 1.29 is 14.7 Å². The molecule has 4 rings (SSSR count). The van der Waals surface area contributed by atoms with E-state index in [1.807, 2.05) is 72.8 Å². The minimum atomic E-state index is -0.912. The van der Waals surface area contributed by atoms with Crippen LogP contribution in [0.5, 0.6) is 0 Å². The molecule has 0 bridgehead atoms. The Hall–Kier alpha value is -3.67. The van der Waals surface area contributed by atoms with Gasteiger partial charge in [0.25, 0.3) is 0 Å². The van der Waals surface area contributed by atoms with Crippen molar-refractivity contribution in [2.45, 2.75) is 25.8 Å². The summed E-state index contributed by atoms with van der Waals surface area (Å²) in [5.74, 6) is -1.08. The first-order valence-corrected chi connectivity index (χ1v) is 12.2. The van der Waals surface area contributed by atoms with Gasteiger partial charge in [0.1, 0.15) is 5.69 Å². The van der Waals surface area contributed by atoms with Gasteiger partial charge in [0.15, 0.2) is 5.78 Å². The molecule has 0 aliphatic heterocycles. The predicted octanol–water partition coefficient (Wildman–Crippen LogP) is 7.77. The zero-order chi connectivity index (χ0) is 25.5. The van der Waals surface area contributed by atoms with Crippen molar-refractivity contribution in [1.29, 1.82) is 0 Å². The molecule has 0 amide bonds. The van der Waals surface area contributed by atoms with Crippen molar-refractivity contribution in [1.82, 2.24) is 4.98 Å². The molecule has 0 unspecified atom stereocenters. The molecule has 2 N–H and O–H groups in total. The predicted molar refractivity (Wildman–Crippen MR) is 145 cm³/mol. The van der Waals surface area contributed by atoms with Crippen LogP contribution in [0.3, 0.4) is 0 Å². The minimum absolute atomic E-state index is 0.0357. The van der Waals surface area contributed by atoms with Crippen LogP contribution in [0.4, 0.5) is 5.69 Å². The third-order valence-corrected chi connectivity index (χ3v) is 6.22. The van der Waals surface area contributed by atoms with Crippen LogP contribution < -0.4 is 5.32 Å². The number of nitrogens with one attached hydrogen (secondary N) is 1. The van der Waals surface area contributed by atoms with E-state index in [4.69, 9.17) is 28.3 Å². The molecular formula is C29H24Cl2N2O3. The summed E-state index contributed by atoms with van der Waals surface area (Å²) in [6.07, 6.45) is 2.06. The SMILES string of the molecule is O=C(O)CCCC(=O)c1ccc(-c2cc(Cl)ccc2CNc2ccc(-c3cccc(Cl)c3)cc2)cn1. The van der Waals surface area contributed by atoms with E-state index in [1.165, 1.54) is 0 Å². The lowest BCUT2D eigenvalue weighted by Gasteiger charge is -2.13. The Labute approximate surface area is 219 Å². The van der Waals surface area contributed by atoms with Gasteiger partial charge in [-0.25, -0.2) is 0 Å². The van der Waals surface area contributed by atoms with Crippen molar-refractivity contribution in [3.05, 3.63) is 106 Å². The van der Waals surface area contributed by atoms with E-state index in [0.717, 1.165) is 33.5 Å². The Balaban J connectivity index is 1.45. The molecule has 3 aromatic carbocycles.